The van der Waals surface area contributed by atoms with E-state index in [4.69, 9.17) is 4.74 Å². The van der Waals surface area contributed by atoms with Crippen LogP contribution in [0.4, 0.5) is 0 Å². The lowest BCUT2D eigenvalue weighted by Gasteiger charge is -2.41. The van der Waals surface area contributed by atoms with Gasteiger partial charge in [0.05, 0.1) is 23.2 Å². The maximum absolute atomic E-state index is 14.4. The summed E-state index contributed by atoms with van der Waals surface area (Å²) in [5, 5.41) is 9.24. The zero-order valence-electron chi connectivity index (χ0n) is 23.6. The molecule has 7 atom stereocenters. The van der Waals surface area contributed by atoms with Crippen LogP contribution < -0.4 is 0 Å². The van der Waals surface area contributed by atoms with E-state index in [1.807, 2.05) is 11.0 Å². The van der Waals surface area contributed by atoms with E-state index in [-0.39, 0.29) is 41.6 Å². The number of thioether (sulfide) groups is 1. The normalized spacial score (nSPS) is 30.3. The number of esters is 1. The van der Waals surface area contributed by atoms with Crippen LogP contribution in [0.1, 0.15) is 78.6 Å². The molecule has 0 aliphatic carbocycles. The summed E-state index contributed by atoms with van der Waals surface area (Å²) >= 11 is 1.70. The first-order valence-corrected chi connectivity index (χ1v) is 15.5. The SMILES string of the molecule is C=CCCCCOC(=O)[C@@H]1[C@H]2C(=O)N(CCCCCO)C(C(=O)N(CC=C)C(C)CCC)C23S[C@@H]1CC3C. The predicted molar refractivity (Wildman–Crippen MR) is 153 cm³/mol. The number of hydrogen-bond acceptors (Lipinski definition) is 6. The molecule has 7 nitrogen and oxygen atoms in total. The lowest BCUT2D eigenvalue weighted by atomic mass is 9.66. The highest BCUT2D eigenvalue weighted by Crippen LogP contribution is 2.68. The van der Waals surface area contributed by atoms with Crippen LogP contribution in [0.3, 0.4) is 0 Å². The van der Waals surface area contributed by atoms with Crippen molar-refractivity contribution in [1.82, 2.24) is 9.80 Å². The van der Waals surface area contributed by atoms with Gasteiger partial charge in [-0.25, -0.2) is 0 Å². The molecule has 0 radical (unpaired) electrons. The molecule has 1 N–H and O–H groups in total. The second-order valence-corrected chi connectivity index (χ2v) is 12.8. The molecule has 4 unspecified atom stereocenters. The number of likely N-dealkylation sites (tertiary alicyclic amines) is 1. The molecule has 3 heterocycles. The molecule has 0 aromatic heterocycles. The van der Waals surface area contributed by atoms with E-state index in [0.717, 1.165) is 44.9 Å². The number of rotatable bonds is 17. The minimum atomic E-state index is -0.631. The minimum absolute atomic E-state index is 0.00705. The standard InChI is InChI=1S/C30H48N2O5S/c1-6-9-10-14-19-37-29(36)24-23-20-21(4)30(38-23)25(24)27(34)32(17-12-11-13-18-33)26(30)28(35)31(16-8-3)22(5)15-7-2/h6,8,21-26,33H,1,3,7,9-20H2,2,4-5H3/t21?,22?,23-,24+,25+,26?,30?/m1/s1. The van der Waals surface area contributed by atoms with Gasteiger partial charge in [0.15, 0.2) is 0 Å². The van der Waals surface area contributed by atoms with Crippen molar-refractivity contribution in [2.75, 3.05) is 26.3 Å². The highest BCUT2D eigenvalue weighted by Gasteiger charge is 2.76. The van der Waals surface area contributed by atoms with Crippen molar-refractivity contribution in [3.05, 3.63) is 25.3 Å². The van der Waals surface area contributed by atoms with E-state index in [9.17, 15) is 19.5 Å². The van der Waals surface area contributed by atoms with E-state index in [1.165, 1.54) is 0 Å². The molecule has 0 aromatic carbocycles. The molecule has 38 heavy (non-hydrogen) atoms. The van der Waals surface area contributed by atoms with E-state index in [1.54, 1.807) is 22.7 Å². The second kappa shape index (κ2) is 14.0. The second-order valence-electron chi connectivity index (χ2n) is 11.2. The van der Waals surface area contributed by atoms with E-state index in [2.05, 4.69) is 33.9 Å². The van der Waals surface area contributed by atoms with Gasteiger partial charge < -0.3 is 19.6 Å². The molecule has 3 aliphatic rings. The average molecular weight is 549 g/mol. The van der Waals surface area contributed by atoms with Gasteiger partial charge in [-0.2, -0.15) is 0 Å². The molecule has 8 heteroatoms. The maximum Gasteiger partial charge on any atom is 0.310 e. The monoisotopic (exact) mass is 548 g/mol. The highest BCUT2D eigenvalue weighted by molar-refractivity contribution is 8.02. The first-order chi connectivity index (χ1) is 18.3. The zero-order valence-corrected chi connectivity index (χ0v) is 24.4. The summed E-state index contributed by atoms with van der Waals surface area (Å²) in [6, 6.07) is -0.577. The number of ether oxygens (including phenoxy) is 1. The largest absolute Gasteiger partial charge is 0.465 e. The summed E-state index contributed by atoms with van der Waals surface area (Å²) in [5.74, 6) is -1.32. The molecule has 3 aliphatic heterocycles. The Labute approximate surface area is 233 Å². The van der Waals surface area contributed by atoms with Crippen LogP contribution in [0.15, 0.2) is 25.3 Å². The number of hydrogen-bond donors (Lipinski definition) is 1. The number of unbranched alkanes of at least 4 members (excludes halogenated alkanes) is 4. The van der Waals surface area contributed by atoms with Gasteiger partial charge in [0.2, 0.25) is 11.8 Å². The van der Waals surface area contributed by atoms with Gasteiger partial charge >= 0.3 is 5.97 Å². The van der Waals surface area contributed by atoms with Crippen LogP contribution in [0.2, 0.25) is 0 Å². The van der Waals surface area contributed by atoms with Crippen molar-refractivity contribution in [3.63, 3.8) is 0 Å². The van der Waals surface area contributed by atoms with Crippen molar-refractivity contribution < 1.29 is 24.2 Å². The lowest BCUT2D eigenvalue weighted by Crippen LogP contribution is -2.58. The van der Waals surface area contributed by atoms with E-state index >= 15 is 0 Å². The molecule has 3 saturated heterocycles. The molecule has 1 spiro atoms. The first-order valence-electron chi connectivity index (χ1n) is 14.6. The van der Waals surface area contributed by atoms with Crippen LogP contribution >= 0.6 is 11.8 Å². The van der Waals surface area contributed by atoms with Crippen molar-refractivity contribution in [3.8, 4) is 0 Å². The number of carbonyl (C=O) groups is 3. The fraction of sp³-hybridized carbons (Fsp3) is 0.767. The van der Waals surface area contributed by atoms with Crippen LogP contribution in [0, 0.1) is 17.8 Å². The van der Waals surface area contributed by atoms with Gasteiger partial charge in [0, 0.05) is 31.0 Å². The number of aliphatic hydroxyl groups is 1. The summed E-state index contributed by atoms with van der Waals surface area (Å²) in [5.41, 5.74) is 0. The molecule has 2 bridgehead atoms. The van der Waals surface area contributed by atoms with Crippen molar-refractivity contribution in [2.45, 2.75) is 101 Å². The molecule has 3 rings (SSSR count). The highest BCUT2D eigenvalue weighted by atomic mass is 32.2. The summed E-state index contributed by atoms with van der Waals surface area (Å²) in [6.07, 6.45) is 11.0. The third-order valence-electron chi connectivity index (χ3n) is 8.70. The third-order valence-corrected chi connectivity index (χ3v) is 10.8. The Hall–Kier alpha value is -1.80. The Morgan fingerprint density at radius 1 is 1.24 bits per heavy atom. The Balaban J connectivity index is 1.93. The number of amides is 2. The average Bonchev–Trinajstić information content (AvgIpc) is 3.48. The Kier molecular flexibility index (Phi) is 11.3. The number of carbonyl (C=O) groups excluding carboxylic acids is 3. The molecular weight excluding hydrogens is 500 g/mol. The minimum Gasteiger partial charge on any atom is -0.465 e. The van der Waals surface area contributed by atoms with Crippen molar-refractivity contribution in [1.29, 1.82) is 0 Å². The smallest absolute Gasteiger partial charge is 0.310 e. The van der Waals surface area contributed by atoms with Crippen molar-refractivity contribution >= 4 is 29.5 Å². The number of fused-ring (bicyclic) bond motifs is 1. The lowest BCUT2D eigenvalue weighted by molar-refractivity contribution is -0.154. The third kappa shape index (κ3) is 5.86. The Bertz CT molecular complexity index is 866. The molecule has 3 fully saturated rings. The van der Waals surface area contributed by atoms with E-state index < -0.39 is 22.6 Å². The number of allylic oxidation sites excluding steroid dienone is 1. The zero-order chi connectivity index (χ0) is 27.9. The molecule has 0 saturated carbocycles. The summed E-state index contributed by atoms with van der Waals surface area (Å²) in [4.78, 5) is 45.7. The first kappa shape index (κ1) is 30.7. The van der Waals surface area contributed by atoms with Gasteiger partial charge in [-0.1, -0.05) is 32.4 Å². The number of nitrogens with zero attached hydrogens (tertiary/aromatic N) is 2. The van der Waals surface area contributed by atoms with Crippen LogP contribution in [0.5, 0.6) is 0 Å². The summed E-state index contributed by atoms with van der Waals surface area (Å²) < 4.78 is 5.09. The van der Waals surface area contributed by atoms with Gasteiger partial charge in [0.25, 0.3) is 0 Å². The van der Waals surface area contributed by atoms with Crippen molar-refractivity contribution in [2.24, 2.45) is 17.8 Å². The summed E-state index contributed by atoms with van der Waals surface area (Å²) in [7, 11) is 0. The van der Waals surface area contributed by atoms with Crippen LogP contribution in [-0.2, 0) is 19.1 Å². The van der Waals surface area contributed by atoms with Crippen LogP contribution in [0.25, 0.3) is 0 Å². The Morgan fingerprint density at radius 3 is 2.66 bits per heavy atom. The predicted octanol–water partition coefficient (Wildman–Crippen LogP) is 4.59. The van der Waals surface area contributed by atoms with Gasteiger partial charge in [-0.3, -0.25) is 14.4 Å². The molecule has 0 aromatic rings. The quantitative estimate of drug-likeness (QED) is 0.163. The number of aliphatic hydroxyl groups excluding tert-OH is 1. The van der Waals surface area contributed by atoms with Crippen LogP contribution in [-0.4, -0.2) is 81.1 Å². The van der Waals surface area contributed by atoms with Gasteiger partial charge in [0.1, 0.15) is 6.04 Å². The van der Waals surface area contributed by atoms with E-state index in [0.29, 0.717) is 32.5 Å². The molecule has 2 amide bonds. The summed E-state index contributed by atoms with van der Waals surface area (Å²) in [6.45, 7) is 15.3. The topological polar surface area (TPSA) is 87.1 Å². The van der Waals surface area contributed by atoms with Gasteiger partial charge in [-0.05, 0) is 64.2 Å². The Morgan fingerprint density at radius 2 is 2.00 bits per heavy atom. The fourth-order valence-corrected chi connectivity index (χ4v) is 9.30. The van der Waals surface area contributed by atoms with Gasteiger partial charge in [-0.15, -0.1) is 24.9 Å². The fourth-order valence-electron chi connectivity index (χ4n) is 6.90. The molecule has 214 valence electrons. The molecular formula is C30H48N2O5S. The maximum atomic E-state index is 14.4.